The van der Waals surface area contributed by atoms with Gasteiger partial charge in [0.05, 0.1) is 12.0 Å². The van der Waals surface area contributed by atoms with Crippen LogP contribution in [0.15, 0.2) is 0 Å². The zero-order valence-corrected chi connectivity index (χ0v) is 5.87. The fraction of sp³-hybridized carbons (Fsp3) is 0.833. The van der Waals surface area contributed by atoms with Crippen LogP contribution in [0.1, 0.15) is 19.8 Å². The predicted molar refractivity (Wildman–Crippen MR) is 34.6 cm³/mol. The molecule has 0 aromatic carbocycles. The predicted octanol–water partition coefficient (Wildman–Crippen LogP) is -0.406. The highest BCUT2D eigenvalue weighted by atomic mass is 16.4. The first-order valence-corrected chi connectivity index (χ1v) is 3.03. The molecule has 0 aromatic heterocycles. The third kappa shape index (κ3) is 4.29. The second-order valence-electron chi connectivity index (χ2n) is 2.54. The molecule has 0 fully saturated rings. The lowest BCUT2D eigenvalue weighted by molar-refractivity contribution is -0.142. The Labute approximate surface area is 59.1 Å². The van der Waals surface area contributed by atoms with E-state index in [1.807, 2.05) is 0 Å². The van der Waals surface area contributed by atoms with E-state index in [-0.39, 0.29) is 19.4 Å². The molecular weight excluding hydrogens is 138 g/mol. The van der Waals surface area contributed by atoms with Crippen molar-refractivity contribution in [3.63, 3.8) is 0 Å². The summed E-state index contributed by atoms with van der Waals surface area (Å²) in [4.78, 5) is 10.0. The molecule has 1 atom stereocenters. The average molecular weight is 150 g/mol. The quantitative estimate of drug-likeness (QED) is 0.509. The molecule has 60 valence electrons. The lowest BCUT2D eigenvalue weighted by atomic mass is 10.2. The summed E-state index contributed by atoms with van der Waals surface area (Å²) in [7, 11) is 0. The number of carbonyl (C=O) groups is 1. The Hall–Kier alpha value is -0.610. The van der Waals surface area contributed by atoms with Crippen molar-refractivity contribution in [3.8, 4) is 0 Å². The van der Waals surface area contributed by atoms with Crippen molar-refractivity contribution in [2.45, 2.75) is 25.4 Å². The maximum Gasteiger partial charge on any atom is 0.306 e. The fourth-order valence-electron chi connectivity index (χ4n) is 0.655. The van der Waals surface area contributed by atoms with Crippen LogP contribution in [-0.2, 0) is 4.79 Å². The van der Waals surface area contributed by atoms with E-state index in [9.17, 15) is 4.79 Å². The number of aliphatic hydroxyl groups excluding tert-OH is 1. The van der Waals surface area contributed by atoms with E-state index in [1.165, 1.54) is 6.92 Å². The summed E-state index contributed by atoms with van der Waals surface area (Å²) < 4.78 is 0. The first-order chi connectivity index (χ1) is 4.48. The largest absolute Gasteiger partial charge is 0.481 e. The minimum atomic E-state index is -1.28. The Kier molecular flexibility index (Phi) is 3.32. The van der Waals surface area contributed by atoms with Crippen molar-refractivity contribution >= 4 is 5.97 Å². The van der Waals surface area contributed by atoms with Gasteiger partial charge in [-0.1, -0.05) is 0 Å². The maximum absolute atomic E-state index is 10.0. The molecule has 0 aromatic rings. The van der Waals surface area contributed by atoms with Crippen LogP contribution < -0.4 is 0 Å². The number of rotatable bonds is 4. The molecule has 0 saturated heterocycles. The third-order valence-corrected chi connectivity index (χ3v) is 1.18. The van der Waals surface area contributed by atoms with Gasteiger partial charge in [-0.3, -0.25) is 4.79 Å². The van der Waals surface area contributed by atoms with E-state index in [0.717, 1.165) is 0 Å². The van der Waals surface area contributed by atoms with Gasteiger partial charge in [0.25, 0.3) is 0 Å². The Morgan fingerprint density at radius 2 is 2.20 bits per heavy atom. The van der Waals surface area contributed by atoms with Gasteiger partial charge in [0.2, 0.25) is 0 Å². The van der Waals surface area contributed by atoms with Crippen molar-refractivity contribution in [3.05, 3.63) is 0 Å². The van der Waals surface area contributed by atoms with Gasteiger partial charge < -0.3 is 15.3 Å². The summed E-state index contributed by atoms with van der Waals surface area (Å²) in [6.07, 6.45) is -0.229. The second-order valence-corrected chi connectivity index (χ2v) is 2.54. The summed E-state index contributed by atoms with van der Waals surface area (Å²) in [6, 6.07) is 0. The first-order valence-electron chi connectivity index (χ1n) is 3.03. The molecule has 0 radical (unpaired) electrons. The van der Waals surface area contributed by atoms with Gasteiger partial charge in [-0.15, -0.1) is 0 Å². The molecule has 0 aliphatic rings. The minimum Gasteiger partial charge on any atom is -0.481 e. The number of carboxylic acids is 1. The van der Waals surface area contributed by atoms with E-state index < -0.39 is 11.6 Å². The van der Waals surface area contributed by atoms with Gasteiger partial charge >= 0.3 is 5.97 Å². The van der Waals surface area contributed by atoms with Crippen molar-refractivity contribution in [1.82, 2.24) is 0 Å². The van der Waals surface area contributed by atoms with Gasteiger partial charge in [0.1, 0.15) is 0 Å². The highest BCUT2D eigenvalue weighted by Crippen LogP contribution is 2.12. The molecule has 0 spiro atoms. The Morgan fingerprint density at radius 3 is 2.50 bits per heavy atom. The minimum absolute atomic E-state index is 0.0965. The number of aliphatic carboxylic acids is 1. The van der Waals surface area contributed by atoms with E-state index in [2.05, 4.69) is 0 Å². The van der Waals surface area contributed by atoms with Crippen LogP contribution in [0.3, 0.4) is 0 Å². The molecular formula is C6H12O4. The molecule has 0 bridgehead atoms. The van der Waals surface area contributed by atoms with Crippen LogP contribution in [0.5, 0.6) is 0 Å². The van der Waals surface area contributed by atoms with E-state index in [4.69, 9.17) is 15.3 Å². The van der Waals surface area contributed by atoms with Gasteiger partial charge in [-0.25, -0.2) is 0 Å². The van der Waals surface area contributed by atoms with Gasteiger partial charge in [-0.2, -0.15) is 0 Å². The maximum atomic E-state index is 10.0. The SMILES string of the molecule is CC(O)(CCO)[14CH2]C(=O)O. The molecule has 0 heterocycles. The third-order valence-electron chi connectivity index (χ3n) is 1.18. The van der Waals surface area contributed by atoms with Crippen molar-refractivity contribution in [1.29, 1.82) is 0 Å². The molecule has 0 amide bonds. The van der Waals surface area contributed by atoms with Gasteiger partial charge in [-0.05, 0) is 13.3 Å². The molecule has 0 rings (SSSR count). The summed E-state index contributed by atoms with van der Waals surface area (Å²) in [5, 5.41) is 25.7. The summed E-state index contributed by atoms with van der Waals surface area (Å²) >= 11 is 0. The fourth-order valence-corrected chi connectivity index (χ4v) is 0.655. The van der Waals surface area contributed by atoms with E-state index in [0.29, 0.717) is 0 Å². The van der Waals surface area contributed by atoms with Gasteiger partial charge in [0, 0.05) is 6.61 Å². The smallest absolute Gasteiger partial charge is 0.306 e. The number of aliphatic hydroxyl groups is 2. The van der Waals surface area contributed by atoms with Gasteiger partial charge in [0.15, 0.2) is 0 Å². The van der Waals surface area contributed by atoms with Crippen molar-refractivity contribution in [2.24, 2.45) is 0 Å². The van der Waals surface area contributed by atoms with E-state index >= 15 is 0 Å². The first kappa shape index (κ1) is 9.39. The van der Waals surface area contributed by atoms with Crippen LogP contribution >= 0.6 is 0 Å². The van der Waals surface area contributed by atoms with Crippen LogP contribution in [-0.4, -0.2) is 33.5 Å². The molecule has 4 nitrogen and oxygen atoms in total. The van der Waals surface area contributed by atoms with Crippen molar-refractivity contribution < 1.29 is 20.1 Å². The van der Waals surface area contributed by atoms with Crippen LogP contribution in [0, 0.1) is 0 Å². The lowest BCUT2D eigenvalue weighted by Crippen LogP contribution is -2.28. The second kappa shape index (κ2) is 3.53. The highest BCUT2D eigenvalue weighted by Gasteiger charge is 2.22. The molecule has 0 aliphatic heterocycles. The van der Waals surface area contributed by atoms with Crippen LogP contribution in [0.4, 0.5) is 0 Å². The summed E-state index contributed by atoms with van der Waals surface area (Å²) in [6.45, 7) is 1.19. The number of hydrogen-bond donors (Lipinski definition) is 3. The summed E-state index contributed by atoms with van der Waals surface area (Å²) in [5.74, 6) is -1.06. The zero-order valence-electron chi connectivity index (χ0n) is 5.87. The van der Waals surface area contributed by atoms with E-state index in [1.54, 1.807) is 0 Å². The Bertz CT molecular complexity index is 119. The van der Waals surface area contributed by atoms with Crippen molar-refractivity contribution in [2.75, 3.05) is 6.61 Å². The van der Waals surface area contributed by atoms with Crippen LogP contribution in [0.2, 0.25) is 0 Å². The molecule has 10 heavy (non-hydrogen) atoms. The zero-order chi connectivity index (χ0) is 8.20. The molecule has 4 heteroatoms. The monoisotopic (exact) mass is 150 g/mol. The number of hydrogen-bond acceptors (Lipinski definition) is 3. The topological polar surface area (TPSA) is 77.8 Å². The Morgan fingerprint density at radius 1 is 1.70 bits per heavy atom. The molecule has 1 unspecified atom stereocenters. The standard InChI is InChI=1S/C6H12O4/c1-6(10,2-3-7)4-5(8)9/h7,10H,2-4H2,1H3,(H,8,9)/i4+2. The number of carboxylic acid groups (broad SMARTS) is 1. The molecule has 0 saturated carbocycles. The molecule has 0 aliphatic carbocycles. The van der Waals surface area contributed by atoms with Crippen LogP contribution in [0.25, 0.3) is 0 Å². The highest BCUT2D eigenvalue weighted by molar-refractivity contribution is 5.67. The Balaban J connectivity index is 3.74. The average Bonchev–Trinajstić information content (AvgIpc) is 1.59. The summed E-state index contributed by atoms with van der Waals surface area (Å²) in [5.41, 5.74) is -1.28. The molecule has 3 N–H and O–H groups in total. The lowest BCUT2D eigenvalue weighted by Gasteiger charge is -2.18. The normalized spacial score (nSPS) is 16.3.